The Morgan fingerprint density at radius 3 is 2.67 bits per heavy atom. The van der Waals surface area contributed by atoms with Gasteiger partial charge in [-0.25, -0.2) is 9.37 Å². The number of hydrogen-bond donors (Lipinski definition) is 0. The van der Waals surface area contributed by atoms with Gasteiger partial charge in [0, 0.05) is 13.6 Å². The summed E-state index contributed by atoms with van der Waals surface area (Å²) in [7, 11) is 1.74. The molecule has 0 N–H and O–H groups in total. The van der Waals surface area contributed by atoms with Gasteiger partial charge in [-0.1, -0.05) is 0 Å². The minimum absolute atomic E-state index is 0.344. The molecule has 0 aliphatic rings. The van der Waals surface area contributed by atoms with Gasteiger partial charge in [0.05, 0.1) is 5.69 Å². The summed E-state index contributed by atoms with van der Waals surface area (Å²) in [5, 5.41) is 8.14. The van der Waals surface area contributed by atoms with Crippen LogP contribution in [0.5, 0.6) is 0 Å². The van der Waals surface area contributed by atoms with Crippen LogP contribution < -0.4 is 0 Å². The van der Waals surface area contributed by atoms with E-state index in [0.29, 0.717) is 23.8 Å². The van der Waals surface area contributed by atoms with Gasteiger partial charge in [-0.05, 0) is 13.8 Å². The van der Waals surface area contributed by atoms with Crippen molar-refractivity contribution in [3.05, 3.63) is 17.8 Å². The standard InChI is InChI=1S/C9H12FN5/c1-4-15-8(7(10)6(2)12-15)9-11-5-14(3)13-9/h5H,4H2,1-3H3. The van der Waals surface area contributed by atoms with Crippen LogP contribution in [0.2, 0.25) is 0 Å². The lowest BCUT2D eigenvalue weighted by Gasteiger charge is -1.99. The lowest BCUT2D eigenvalue weighted by atomic mass is 10.3. The van der Waals surface area contributed by atoms with E-state index in [4.69, 9.17) is 0 Å². The summed E-state index contributed by atoms with van der Waals surface area (Å²) >= 11 is 0. The predicted molar refractivity (Wildman–Crippen MR) is 52.6 cm³/mol. The van der Waals surface area contributed by atoms with Crippen LogP contribution in [0.25, 0.3) is 11.5 Å². The molecule has 15 heavy (non-hydrogen) atoms. The molecule has 0 radical (unpaired) electrons. The average Bonchev–Trinajstić information content (AvgIpc) is 2.73. The maximum absolute atomic E-state index is 13.7. The fourth-order valence-corrected chi connectivity index (χ4v) is 1.45. The molecular formula is C9H12FN5. The third-order valence-corrected chi connectivity index (χ3v) is 2.17. The van der Waals surface area contributed by atoms with Crippen molar-refractivity contribution in [2.24, 2.45) is 7.05 Å². The van der Waals surface area contributed by atoms with Crippen LogP contribution in [-0.2, 0) is 13.6 Å². The summed E-state index contributed by atoms with van der Waals surface area (Å²) in [6.45, 7) is 4.13. The van der Waals surface area contributed by atoms with E-state index in [1.807, 2.05) is 6.92 Å². The molecule has 0 atom stereocenters. The van der Waals surface area contributed by atoms with Crippen molar-refractivity contribution in [3.63, 3.8) is 0 Å². The summed E-state index contributed by atoms with van der Waals surface area (Å²) < 4.78 is 16.8. The Hall–Kier alpha value is -1.72. The molecule has 0 unspecified atom stereocenters. The highest BCUT2D eigenvalue weighted by atomic mass is 19.1. The number of aromatic nitrogens is 5. The van der Waals surface area contributed by atoms with Gasteiger partial charge in [0.25, 0.3) is 0 Å². The first kappa shape index (κ1) is 9.82. The Balaban J connectivity index is 2.60. The Labute approximate surface area is 86.5 Å². The van der Waals surface area contributed by atoms with E-state index in [2.05, 4.69) is 15.2 Å². The molecule has 0 amide bonds. The van der Waals surface area contributed by atoms with Gasteiger partial charge in [-0.3, -0.25) is 9.36 Å². The van der Waals surface area contributed by atoms with Crippen molar-refractivity contribution < 1.29 is 4.39 Å². The van der Waals surface area contributed by atoms with Crippen molar-refractivity contribution in [1.29, 1.82) is 0 Å². The molecule has 2 aromatic heterocycles. The van der Waals surface area contributed by atoms with Crippen LogP contribution >= 0.6 is 0 Å². The molecule has 0 aliphatic heterocycles. The van der Waals surface area contributed by atoms with E-state index in [0.717, 1.165) is 0 Å². The van der Waals surface area contributed by atoms with E-state index in [1.54, 1.807) is 18.7 Å². The molecule has 0 saturated heterocycles. The van der Waals surface area contributed by atoms with E-state index in [-0.39, 0.29) is 5.82 Å². The molecular weight excluding hydrogens is 197 g/mol. The van der Waals surface area contributed by atoms with Crippen molar-refractivity contribution in [2.75, 3.05) is 0 Å². The minimum Gasteiger partial charge on any atom is -0.259 e. The second kappa shape index (κ2) is 3.45. The third kappa shape index (κ3) is 1.51. The normalized spacial score (nSPS) is 10.9. The largest absolute Gasteiger partial charge is 0.259 e. The molecule has 0 saturated carbocycles. The second-order valence-corrected chi connectivity index (χ2v) is 3.31. The number of nitrogens with zero attached hydrogens (tertiary/aromatic N) is 5. The predicted octanol–water partition coefficient (Wildman–Crippen LogP) is 1.15. The fourth-order valence-electron chi connectivity index (χ4n) is 1.45. The third-order valence-electron chi connectivity index (χ3n) is 2.17. The highest BCUT2D eigenvalue weighted by molar-refractivity contribution is 5.50. The van der Waals surface area contributed by atoms with Gasteiger partial charge < -0.3 is 0 Å². The number of rotatable bonds is 2. The summed E-state index contributed by atoms with van der Waals surface area (Å²) in [5.41, 5.74) is 0.731. The topological polar surface area (TPSA) is 48.5 Å². The Kier molecular flexibility index (Phi) is 2.26. The average molecular weight is 209 g/mol. The first-order valence-electron chi connectivity index (χ1n) is 4.72. The van der Waals surface area contributed by atoms with Crippen LogP contribution in [0, 0.1) is 12.7 Å². The quantitative estimate of drug-likeness (QED) is 0.745. The van der Waals surface area contributed by atoms with Crippen molar-refractivity contribution >= 4 is 0 Å². The van der Waals surface area contributed by atoms with Gasteiger partial charge in [-0.15, -0.1) is 5.10 Å². The lowest BCUT2D eigenvalue weighted by molar-refractivity contribution is 0.615. The maximum Gasteiger partial charge on any atom is 0.202 e. The zero-order chi connectivity index (χ0) is 11.0. The van der Waals surface area contributed by atoms with E-state index in [9.17, 15) is 4.39 Å². The zero-order valence-electron chi connectivity index (χ0n) is 8.90. The van der Waals surface area contributed by atoms with Gasteiger partial charge in [-0.2, -0.15) is 5.10 Å². The SMILES string of the molecule is CCn1nc(C)c(F)c1-c1ncn(C)n1. The van der Waals surface area contributed by atoms with Crippen molar-refractivity contribution in [3.8, 4) is 11.5 Å². The molecule has 0 aliphatic carbocycles. The fraction of sp³-hybridized carbons (Fsp3) is 0.444. The first-order chi connectivity index (χ1) is 7.13. The van der Waals surface area contributed by atoms with Gasteiger partial charge >= 0.3 is 0 Å². The molecule has 0 bridgehead atoms. The van der Waals surface area contributed by atoms with Crippen LogP contribution in [0.4, 0.5) is 4.39 Å². The Morgan fingerprint density at radius 1 is 1.40 bits per heavy atom. The second-order valence-electron chi connectivity index (χ2n) is 3.31. The zero-order valence-corrected chi connectivity index (χ0v) is 8.90. The highest BCUT2D eigenvalue weighted by Gasteiger charge is 2.18. The first-order valence-corrected chi connectivity index (χ1v) is 4.72. The number of halogens is 1. The molecule has 0 aromatic carbocycles. The van der Waals surface area contributed by atoms with Crippen LogP contribution in [-0.4, -0.2) is 24.5 Å². The number of hydrogen-bond acceptors (Lipinski definition) is 3. The van der Waals surface area contributed by atoms with Crippen LogP contribution in [0.15, 0.2) is 6.33 Å². The Bertz CT molecular complexity index is 485. The van der Waals surface area contributed by atoms with Crippen molar-refractivity contribution in [2.45, 2.75) is 20.4 Å². The van der Waals surface area contributed by atoms with E-state index >= 15 is 0 Å². The molecule has 2 heterocycles. The van der Waals surface area contributed by atoms with E-state index in [1.165, 1.54) is 11.0 Å². The smallest absolute Gasteiger partial charge is 0.202 e. The summed E-state index contributed by atoms with van der Waals surface area (Å²) in [5.74, 6) is 0.0282. The monoisotopic (exact) mass is 209 g/mol. The maximum atomic E-state index is 13.7. The van der Waals surface area contributed by atoms with Crippen molar-refractivity contribution in [1.82, 2.24) is 24.5 Å². The summed E-state index contributed by atoms with van der Waals surface area (Å²) in [6.07, 6.45) is 1.54. The lowest BCUT2D eigenvalue weighted by Crippen LogP contribution is -2.01. The van der Waals surface area contributed by atoms with Gasteiger partial charge in [0.2, 0.25) is 5.82 Å². The molecule has 0 spiro atoms. The molecule has 2 rings (SSSR count). The number of aryl methyl sites for hydroxylation is 3. The molecule has 6 heteroatoms. The molecule has 5 nitrogen and oxygen atoms in total. The molecule has 80 valence electrons. The highest BCUT2D eigenvalue weighted by Crippen LogP contribution is 2.21. The summed E-state index contributed by atoms with van der Waals surface area (Å²) in [6, 6.07) is 0. The minimum atomic E-state index is -0.344. The summed E-state index contributed by atoms with van der Waals surface area (Å²) in [4.78, 5) is 4.02. The molecule has 2 aromatic rings. The Morgan fingerprint density at radius 2 is 2.13 bits per heavy atom. The van der Waals surface area contributed by atoms with Crippen LogP contribution in [0.3, 0.4) is 0 Å². The molecule has 0 fully saturated rings. The van der Waals surface area contributed by atoms with Gasteiger partial charge in [0.1, 0.15) is 12.0 Å². The van der Waals surface area contributed by atoms with Gasteiger partial charge in [0.15, 0.2) is 5.82 Å². The van der Waals surface area contributed by atoms with E-state index < -0.39 is 0 Å². The van der Waals surface area contributed by atoms with Crippen LogP contribution in [0.1, 0.15) is 12.6 Å².